The van der Waals surface area contributed by atoms with Gasteiger partial charge in [-0.15, -0.1) is 24.0 Å². The standard InChI is InChI=1S/C19H36N4O3.HI/c1-5-20-18(22-15(2)12-26-16-8-11-25-13-16)21-14-19(9-6-7-10-19)17(24)23(3)4;/h15-16H,5-14H2,1-4H3,(H2,20,21,22);1H. The molecule has 1 aliphatic heterocycles. The van der Waals surface area contributed by atoms with Crippen LogP contribution in [0.4, 0.5) is 0 Å². The van der Waals surface area contributed by atoms with Gasteiger partial charge in [0.25, 0.3) is 0 Å². The summed E-state index contributed by atoms with van der Waals surface area (Å²) in [4.78, 5) is 19.2. The van der Waals surface area contributed by atoms with Crippen LogP contribution in [0.15, 0.2) is 4.99 Å². The van der Waals surface area contributed by atoms with E-state index in [1.807, 2.05) is 21.0 Å². The maximum atomic E-state index is 12.7. The molecule has 7 nitrogen and oxygen atoms in total. The van der Waals surface area contributed by atoms with Gasteiger partial charge in [0.05, 0.1) is 31.3 Å². The van der Waals surface area contributed by atoms with Crippen LogP contribution in [-0.4, -0.2) is 75.9 Å². The number of carbonyl (C=O) groups excluding carboxylic acids is 1. The van der Waals surface area contributed by atoms with Crippen LogP contribution in [0, 0.1) is 5.41 Å². The number of nitrogens with zero attached hydrogens (tertiary/aromatic N) is 2. The Balaban J connectivity index is 0.00000364. The van der Waals surface area contributed by atoms with E-state index in [4.69, 9.17) is 14.5 Å². The molecule has 0 bridgehead atoms. The van der Waals surface area contributed by atoms with E-state index in [0.717, 1.165) is 51.2 Å². The van der Waals surface area contributed by atoms with Crippen molar-refractivity contribution in [1.82, 2.24) is 15.5 Å². The maximum Gasteiger partial charge on any atom is 0.230 e. The highest BCUT2D eigenvalue weighted by Gasteiger charge is 2.42. The second-order valence-corrected chi connectivity index (χ2v) is 7.75. The van der Waals surface area contributed by atoms with E-state index in [9.17, 15) is 4.79 Å². The number of amides is 1. The van der Waals surface area contributed by atoms with Crippen molar-refractivity contribution in [2.75, 3.05) is 47.0 Å². The lowest BCUT2D eigenvalue weighted by atomic mass is 9.85. The molecule has 2 N–H and O–H groups in total. The average Bonchev–Trinajstić information content (AvgIpc) is 3.30. The molecule has 0 aromatic carbocycles. The molecule has 1 aliphatic carbocycles. The molecule has 0 spiro atoms. The fourth-order valence-corrected chi connectivity index (χ4v) is 3.72. The zero-order valence-corrected chi connectivity index (χ0v) is 19.6. The molecule has 1 saturated carbocycles. The van der Waals surface area contributed by atoms with E-state index in [1.54, 1.807) is 4.90 Å². The van der Waals surface area contributed by atoms with Crippen LogP contribution in [0.5, 0.6) is 0 Å². The molecule has 2 rings (SSSR count). The summed E-state index contributed by atoms with van der Waals surface area (Å²) in [7, 11) is 3.67. The molecule has 27 heavy (non-hydrogen) atoms. The van der Waals surface area contributed by atoms with Gasteiger partial charge in [0.15, 0.2) is 5.96 Å². The summed E-state index contributed by atoms with van der Waals surface area (Å²) in [6, 6.07) is 0.137. The molecule has 0 aromatic rings. The van der Waals surface area contributed by atoms with E-state index in [0.29, 0.717) is 19.8 Å². The molecular formula is C19H37IN4O3. The lowest BCUT2D eigenvalue weighted by molar-refractivity contribution is -0.138. The van der Waals surface area contributed by atoms with Crippen LogP contribution < -0.4 is 10.6 Å². The van der Waals surface area contributed by atoms with Crippen molar-refractivity contribution in [3.8, 4) is 0 Å². The van der Waals surface area contributed by atoms with Gasteiger partial charge >= 0.3 is 0 Å². The summed E-state index contributed by atoms with van der Waals surface area (Å²) in [5, 5.41) is 6.68. The number of nitrogens with one attached hydrogen (secondary N) is 2. The molecular weight excluding hydrogens is 459 g/mol. The predicted molar refractivity (Wildman–Crippen MR) is 119 cm³/mol. The molecule has 2 aliphatic rings. The summed E-state index contributed by atoms with van der Waals surface area (Å²) < 4.78 is 11.2. The quantitative estimate of drug-likeness (QED) is 0.306. The number of ether oxygens (including phenoxy) is 2. The van der Waals surface area contributed by atoms with Crippen LogP contribution in [-0.2, 0) is 14.3 Å². The van der Waals surface area contributed by atoms with E-state index >= 15 is 0 Å². The molecule has 1 saturated heterocycles. The molecule has 8 heteroatoms. The van der Waals surface area contributed by atoms with Gasteiger partial charge < -0.3 is 25.0 Å². The second kappa shape index (κ2) is 12.1. The number of hydrogen-bond donors (Lipinski definition) is 2. The van der Waals surface area contributed by atoms with E-state index in [2.05, 4.69) is 17.6 Å². The Morgan fingerprint density at radius 1 is 1.37 bits per heavy atom. The molecule has 2 fully saturated rings. The van der Waals surface area contributed by atoms with Gasteiger partial charge in [-0.25, -0.2) is 0 Å². The minimum absolute atomic E-state index is 0. The van der Waals surface area contributed by atoms with Crippen LogP contribution >= 0.6 is 24.0 Å². The molecule has 158 valence electrons. The van der Waals surface area contributed by atoms with E-state index in [-0.39, 0.29) is 47.4 Å². The van der Waals surface area contributed by atoms with E-state index < -0.39 is 0 Å². The first kappa shape index (κ1) is 24.4. The first-order valence-electron chi connectivity index (χ1n) is 9.93. The lowest BCUT2D eigenvalue weighted by Gasteiger charge is -2.29. The fraction of sp³-hybridized carbons (Fsp3) is 0.895. The Hall–Kier alpha value is -0.610. The topological polar surface area (TPSA) is 75.2 Å². The molecule has 0 aromatic heterocycles. The van der Waals surface area contributed by atoms with Gasteiger partial charge in [-0.05, 0) is 33.1 Å². The number of aliphatic imine (C=N–C) groups is 1. The van der Waals surface area contributed by atoms with Crippen molar-refractivity contribution >= 4 is 35.8 Å². The molecule has 1 amide bonds. The first-order chi connectivity index (χ1) is 12.5. The van der Waals surface area contributed by atoms with Gasteiger partial charge in [0, 0.05) is 33.3 Å². The first-order valence-corrected chi connectivity index (χ1v) is 9.93. The van der Waals surface area contributed by atoms with E-state index in [1.165, 1.54) is 0 Å². The third kappa shape index (κ3) is 7.38. The molecule has 0 radical (unpaired) electrons. The zero-order valence-electron chi connectivity index (χ0n) is 17.3. The summed E-state index contributed by atoms with van der Waals surface area (Å²) >= 11 is 0. The molecule has 2 atom stereocenters. The highest BCUT2D eigenvalue weighted by Crippen LogP contribution is 2.39. The van der Waals surface area contributed by atoms with Crippen molar-refractivity contribution in [1.29, 1.82) is 0 Å². The summed E-state index contributed by atoms with van der Waals surface area (Å²) in [5.74, 6) is 0.955. The highest BCUT2D eigenvalue weighted by molar-refractivity contribution is 14.0. The maximum absolute atomic E-state index is 12.7. The number of carbonyl (C=O) groups is 1. The van der Waals surface area contributed by atoms with Crippen molar-refractivity contribution < 1.29 is 14.3 Å². The fourth-order valence-electron chi connectivity index (χ4n) is 3.72. The van der Waals surface area contributed by atoms with Crippen LogP contribution in [0.25, 0.3) is 0 Å². The number of rotatable bonds is 8. The third-order valence-corrected chi connectivity index (χ3v) is 5.16. The summed E-state index contributed by atoms with van der Waals surface area (Å²) in [6.45, 7) is 7.53. The molecule has 2 unspecified atom stereocenters. The van der Waals surface area contributed by atoms with Crippen LogP contribution in [0.3, 0.4) is 0 Å². The van der Waals surface area contributed by atoms with Gasteiger partial charge in [-0.1, -0.05) is 12.8 Å². The predicted octanol–water partition coefficient (Wildman–Crippen LogP) is 2.00. The number of guanidine groups is 1. The van der Waals surface area contributed by atoms with Gasteiger partial charge in [0.2, 0.25) is 5.91 Å². The second-order valence-electron chi connectivity index (χ2n) is 7.75. The normalized spacial score (nSPS) is 22.8. The Kier molecular flexibility index (Phi) is 10.9. The smallest absolute Gasteiger partial charge is 0.230 e. The largest absolute Gasteiger partial charge is 0.379 e. The molecule has 1 heterocycles. The van der Waals surface area contributed by atoms with Crippen molar-refractivity contribution in [2.45, 2.75) is 58.1 Å². The minimum Gasteiger partial charge on any atom is -0.379 e. The van der Waals surface area contributed by atoms with Gasteiger partial charge in [-0.3, -0.25) is 9.79 Å². The SMILES string of the molecule is CCNC(=NCC1(C(=O)N(C)C)CCCC1)NC(C)COC1CCOC1.I. The Labute approximate surface area is 181 Å². The third-order valence-electron chi connectivity index (χ3n) is 5.16. The van der Waals surface area contributed by atoms with Crippen molar-refractivity contribution in [3.63, 3.8) is 0 Å². The Morgan fingerprint density at radius 2 is 2.07 bits per heavy atom. The number of halogens is 1. The van der Waals surface area contributed by atoms with Gasteiger partial charge in [0.1, 0.15) is 0 Å². The van der Waals surface area contributed by atoms with Crippen LogP contribution in [0.1, 0.15) is 46.0 Å². The average molecular weight is 496 g/mol. The monoisotopic (exact) mass is 496 g/mol. The van der Waals surface area contributed by atoms with Crippen LogP contribution in [0.2, 0.25) is 0 Å². The zero-order chi connectivity index (χ0) is 19.0. The number of hydrogen-bond acceptors (Lipinski definition) is 4. The Bertz CT molecular complexity index is 476. The lowest BCUT2D eigenvalue weighted by Crippen LogP contribution is -2.46. The minimum atomic E-state index is -0.341. The summed E-state index contributed by atoms with van der Waals surface area (Å²) in [5.41, 5.74) is -0.341. The van der Waals surface area contributed by atoms with Gasteiger partial charge in [-0.2, -0.15) is 0 Å². The van der Waals surface area contributed by atoms with Crippen molar-refractivity contribution in [2.24, 2.45) is 10.4 Å². The highest BCUT2D eigenvalue weighted by atomic mass is 127. The summed E-state index contributed by atoms with van der Waals surface area (Å²) in [6.07, 6.45) is 5.23. The van der Waals surface area contributed by atoms with Crippen molar-refractivity contribution in [3.05, 3.63) is 0 Å². The Morgan fingerprint density at radius 3 is 2.63 bits per heavy atom.